The maximum absolute atomic E-state index is 14.4. The molecule has 2 rings (SSSR count). The van der Waals surface area contributed by atoms with Crippen molar-refractivity contribution in [3.63, 3.8) is 0 Å². The van der Waals surface area contributed by atoms with Gasteiger partial charge in [0.1, 0.15) is 17.7 Å². The summed E-state index contributed by atoms with van der Waals surface area (Å²) in [5.74, 6) is -0.551. The summed E-state index contributed by atoms with van der Waals surface area (Å²) >= 11 is 0. The molecule has 2 unspecified atom stereocenters. The molecule has 0 bridgehead atoms. The molecule has 0 saturated carbocycles. The van der Waals surface area contributed by atoms with Gasteiger partial charge < -0.3 is 20.3 Å². The van der Waals surface area contributed by atoms with Gasteiger partial charge in [-0.25, -0.2) is 4.79 Å². The average Bonchev–Trinajstić information content (AvgIpc) is 2.77. The maximum atomic E-state index is 14.4. The predicted molar refractivity (Wildman–Crippen MR) is 158 cm³/mol. The highest BCUT2D eigenvalue weighted by molar-refractivity contribution is 6.00. The molecular formula is C32H47N3O4. The minimum atomic E-state index is -0.938. The third kappa shape index (κ3) is 8.84. The van der Waals surface area contributed by atoms with E-state index in [-0.39, 0.29) is 17.7 Å². The van der Waals surface area contributed by atoms with Crippen LogP contribution in [0.15, 0.2) is 42.5 Å². The number of nitrogens with zero attached hydrogens (tertiary/aromatic N) is 1. The molecule has 7 nitrogen and oxygen atoms in total. The topological polar surface area (TPSA) is 87.7 Å². The van der Waals surface area contributed by atoms with E-state index in [0.717, 1.165) is 22.3 Å². The van der Waals surface area contributed by atoms with Gasteiger partial charge in [0.05, 0.1) is 0 Å². The van der Waals surface area contributed by atoms with Crippen molar-refractivity contribution in [2.45, 2.75) is 106 Å². The van der Waals surface area contributed by atoms with Gasteiger partial charge in [-0.3, -0.25) is 9.59 Å². The number of rotatable bonds is 8. The zero-order valence-corrected chi connectivity index (χ0v) is 25.6. The fourth-order valence-corrected chi connectivity index (χ4v) is 4.54. The van der Waals surface area contributed by atoms with Crippen molar-refractivity contribution in [2.24, 2.45) is 5.92 Å². The second-order valence-electron chi connectivity index (χ2n) is 12.7. The van der Waals surface area contributed by atoms with Gasteiger partial charge in [-0.05, 0) is 103 Å². The molecule has 0 fully saturated rings. The molecule has 214 valence electrons. The number of para-hydroxylation sites is 1. The van der Waals surface area contributed by atoms with Gasteiger partial charge in [0.15, 0.2) is 0 Å². The Hall–Kier alpha value is -3.35. The molecule has 3 amide bonds. The molecule has 0 heterocycles. The quantitative estimate of drug-likeness (QED) is 0.385. The van der Waals surface area contributed by atoms with Crippen LogP contribution in [0.1, 0.15) is 90.1 Å². The maximum Gasteiger partial charge on any atom is 0.408 e. The third-order valence-corrected chi connectivity index (χ3v) is 6.51. The second-order valence-corrected chi connectivity index (χ2v) is 12.7. The molecule has 0 spiro atoms. The number of alkyl carbamates (subject to hydrolysis) is 1. The van der Waals surface area contributed by atoms with Gasteiger partial charge in [-0.15, -0.1) is 0 Å². The van der Waals surface area contributed by atoms with E-state index in [4.69, 9.17) is 4.74 Å². The van der Waals surface area contributed by atoms with Crippen molar-refractivity contribution in [1.29, 1.82) is 0 Å². The highest BCUT2D eigenvalue weighted by Crippen LogP contribution is 2.34. The molecule has 2 aromatic carbocycles. The summed E-state index contributed by atoms with van der Waals surface area (Å²) in [5.41, 5.74) is 2.83. The Kier molecular flexibility index (Phi) is 10.4. The minimum absolute atomic E-state index is 0.107. The summed E-state index contributed by atoms with van der Waals surface area (Å²) in [5, 5.41) is 5.87. The lowest BCUT2D eigenvalue weighted by molar-refractivity contribution is -0.147. The standard InChI is InChI=1S/C32H47N3O4/c1-20(2)19-26(34-30(38)39-32(9,10)11)29(37)35(31(6,7)8)27(24-17-14-16-21(3)23(24)5)28(36)33-25-18-13-12-15-22(25)4/h12-18,20,26-27H,19H2,1-11H3,(H,33,36)(H,34,38). The summed E-state index contributed by atoms with van der Waals surface area (Å²) in [6.07, 6.45) is -0.271. The molecule has 0 aliphatic heterocycles. The highest BCUT2D eigenvalue weighted by Gasteiger charge is 2.42. The molecule has 7 heteroatoms. The lowest BCUT2D eigenvalue weighted by Gasteiger charge is -2.43. The molecular weight excluding hydrogens is 490 g/mol. The van der Waals surface area contributed by atoms with Gasteiger partial charge in [0.25, 0.3) is 5.91 Å². The Labute approximate surface area is 234 Å². The first-order chi connectivity index (χ1) is 17.9. The normalized spacial score (nSPS) is 13.4. The molecule has 0 aliphatic rings. The van der Waals surface area contributed by atoms with E-state index < -0.39 is 29.3 Å². The van der Waals surface area contributed by atoms with E-state index in [0.29, 0.717) is 12.1 Å². The van der Waals surface area contributed by atoms with Gasteiger partial charge in [0, 0.05) is 11.2 Å². The number of amides is 3. The SMILES string of the molecule is Cc1ccccc1NC(=O)C(c1cccc(C)c1C)N(C(=O)C(CC(C)C)NC(=O)OC(C)(C)C)C(C)(C)C. The van der Waals surface area contributed by atoms with Crippen molar-refractivity contribution in [1.82, 2.24) is 10.2 Å². The Balaban J connectivity index is 2.66. The van der Waals surface area contributed by atoms with E-state index >= 15 is 0 Å². The number of ether oxygens (including phenoxy) is 1. The molecule has 0 aliphatic carbocycles. The summed E-state index contributed by atoms with van der Waals surface area (Å²) < 4.78 is 5.48. The van der Waals surface area contributed by atoms with Crippen LogP contribution in [-0.2, 0) is 14.3 Å². The Morgan fingerprint density at radius 3 is 2.00 bits per heavy atom. The molecule has 0 radical (unpaired) electrons. The number of carbonyl (C=O) groups is 3. The van der Waals surface area contributed by atoms with Crippen LogP contribution in [0.4, 0.5) is 10.5 Å². The van der Waals surface area contributed by atoms with Crippen LogP contribution in [0.25, 0.3) is 0 Å². The minimum Gasteiger partial charge on any atom is -0.444 e. The van der Waals surface area contributed by atoms with Crippen molar-refractivity contribution >= 4 is 23.6 Å². The summed E-state index contributed by atoms with van der Waals surface area (Å²) in [4.78, 5) is 43.0. The number of carbonyl (C=O) groups excluding carboxylic acids is 3. The predicted octanol–water partition coefficient (Wildman–Crippen LogP) is 6.86. The van der Waals surface area contributed by atoms with Gasteiger partial charge >= 0.3 is 6.09 Å². The lowest BCUT2D eigenvalue weighted by atomic mass is 9.90. The average molecular weight is 538 g/mol. The van der Waals surface area contributed by atoms with Gasteiger partial charge in [0.2, 0.25) is 5.91 Å². The number of anilines is 1. The zero-order chi connectivity index (χ0) is 29.7. The van der Waals surface area contributed by atoms with Gasteiger partial charge in [-0.1, -0.05) is 50.2 Å². The third-order valence-electron chi connectivity index (χ3n) is 6.51. The van der Waals surface area contributed by atoms with E-state index in [2.05, 4.69) is 10.6 Å². The fraction of sp³-hybridized carbons (Fsp3) is 0.531. The monoisotopic (exact) mass is 537 g/mol. The van der Waals surface area contributed by atoms with E-state index in [9.17, 15) is 14.4 Å². The van der Waals surface area contributed by atoms with E-state index in [1.54, 1.807) is 25.7 Å². The number of hydrogen-bond donors (Lipinski definition) is 2. The van der Waals surface area contributed by atoms with Crippen LogP contribution in [0, 0.1) is 26.7 Å². The second kappa shape index (κ2) is 12.7. The molecule has 0 aromatic heterocycles. The van der Waals surface area contributed by atoms with Crippen molar-refractivity contribution < 1.29 is 19.1 Å². The van der Waals surface area contributed by atoms with Crippen LogP contribution in [0.5, 0.6) is 0 Å². The van der Waals surface area contributed by atoms with E-state index in [1.165, 1.54) is 0 Å². The summed E-state index contributed by atoms with van der Waals surface area (Å²) in [6, 6.07) is 11.5. The van der Waals surface area contributed by atoms with Gasteiger partial charge in [-0.2, -0.15) is 0 Å². The molecule has 0 saturated heterocycles. The first-order valence-corrected chi connectivity index (χ1v) is 13.7. The van der Waals surface area contributed by atoms with Crippen molar-refractivity contribution in [3.8, 4) is 0 Å². The highest BCUT2D eigenvalue weighted by atomic mass is 16.6. The Bertz CT molecular complexity index is 1170. The van der Waals surface area contributed by atoms with Crippen LogP contribution >= 0.6 is 0 Å². The molecule has 2 aromatic rings. The Morgan fingerprint density at radius 2 is 1.46 bits per heavy atom. The largest absolute Gasteiger partial charge is 0.444 e. The van der Waals surface area contributed by atoms with Crippen LogP contribution in [-0.4, -0.2) is 40.0 Å². The number of nitrogens with one attached hydrogen (secondary N) is 2. The number of hydrogen-bond acceptors (Lipinski definition) is 4. The van der Waals surface area contributed by atoms with Crippen LogP contribution < -0.4 is 10.6 Å². The zero-order valence-electron chi connectivity index (χ0n) is 25.6. The summed E-state index contributed by atoms with van der Waals surface area (Å²) in [6.45, 7) is 20.9. The van der Waals surface area contributed by atoms with Crippen molar-refractivity contribution in [2.75, 3.05) is 5.32 Å². The lowest BCUT2D eigenvalue weighted by Crippen LogP contribution is -2.58. The van der Waals surface area contributed by atoms with Crippen molar-refractivity contribution in [3.05, 3.63) is 64.7 Å². The molecule has 39 heavy (non-hydrogen) atoms. The summed E-state index contributed by atoms with van der Waals surface area (Å²) in [7, 11) is 0. The fourth-order valence-electron chi connectivity index (χ4n) is 4.54. The van der Waals surface area contributed by atoms with Crippen LogP contribution in [0.2, 0.25) is 0 Å². The first kappa shape index (κ1) is 31.9. The number of benzene rings is 2. The Morgan fingerprint density at radius 1 is 0.872 bits per heavy atom. The first-order valence-electron chi connectivity index (χ1n) is 13.7. The smallest absolute Gasteiger partial charge is 0.408 e. The molecule has 2 atom stereocenters. The number of aryl methyl sites for hydroxylation is 2. The molecule has 2 N–H and O–H groups in total. The van der Waals surface area contributed by atoms with Crippen LogP contribution in [0.3, 0.4) is 0 Å². The van der Waals surface area contributed by atoms with E-state index in [1.807, 2.05) is 97.9 Å².